The molecule has 1 unspecified atom stereocenters. The molecule has 0 spiro atoms. The highest BCUT2D eigenvalue weighted by atomic mass is 32.1. The monoisotopic (exact) mass is 263 g/mol. The number of thiazole rings is 1. The van der Waals surface area contributed by atoms with Gasteiger partial charge in [0.1, 0.15) is 5.75 Å². The van der Waals surface area contributed by atoms with Crippen molar-refractivity contribution in [2.75, 3.05) is 7.11 Å². The number of rotatable bonds is 5. The molecule has 2 rings (SSSR count). The second-order valence-electron chi connectivity index (χ2n) is 4.30. The summed E-state index contributed by atoms with van der Waals surface area (Å²) < 4.78 is 5.13. The smallest absolute Gasteiger partial charge is 0.118 e. The van der Waals surface area contributed by atoms with Gasteiger partial charge in [-0.1, -0.05) is 12.1 Å². The molecule has 0 fully saturated rings. The maximum atomic E-state index is 9.33. The van der Waals surface area contributed by atoms with Gasteiger partial charge in [-0.25, -0.2) is 4.98 Å². The zero-order chi connectivity index (χ0) is 13.0. The molecule has 0 saturated carbocycles. The van der Waals surface area contributed by atoms with Crippen molar-refractivity contribution in [3.05, 3.63) is 45.9 Å². The van der Waals surface area contributed by atoms with Crippen LogP contribution in [0.2, 0.25) is 0 Å². The van der Waals surface area contributed by atoms with Crippen LogP contribution in [0.25, 0.3) is 0 Å². The number of aliphatic hydroxyl groups excluding tert-OH is 1. The average Bonchev–Trinajstić information content (AvgIpc) is 2.76. The number of benzene rings is 1. The molecule has 3 nitrogen and oxygen atoms in total. The first-order valence-electron chi connectivity index (χ1n) is 5.92. The highest BCUT2D eigenvalue weighted by Crippen LogP contribution is 2.19. The lowest BCUT2D eigenvalue weighted by molar-refractivity contribution is 0.196. The molecule has 0 saturated heterocycles. The van der Waals surface area contributed by atoms with Crippen molar-refractivity contribution in [1.82, 2.24) is 4.98 Å². The van der Waals surface area contributed by atoms with Crippen molar-refractivity contribution in [3.8, 4) is 5.75 Å². The summed E-state index contributed by atoms with van der Waals surface area (Å²) in [5.41, 5.74) is 1.22. The average molecular weight is 263 g/mol. The molecule has 0 aliphatic carbocycles. The predicted octanol–water partition coefficient (Wildman–Crippen LogP) is 2.67. The van der Waals surface area contributed by atoms with Crippen molar-refractivity contribution >= 4 is 11.3 Å². The van der Waals surface area contributed by atoms with Crippen LogP contribution >= 0.6 is 11.3 Å². The summed E-state index contributed by atoms with van der Waals surface area (Å²) in [4.78, 5) is 5.52. The Hall–Kier alpha value is -1.39. The van der Waals surface area contributed by atoms with Crippen LogP contribution in [0, 0.1) is 0 Å². The van der Waals surface area contributed by atoms with E-state index in [0.29, 0.717) is 6.42 Å². The van der Waals surface area contributed by atoms with Crippen LogP contribution < -0.4 is 4.74 Å². The van der Waals surface area contributed by atoms with E-state index in [9.17, 15) is 5.11 Å². The highest BCUT2D eigenvalue weighted by molar-refractivity contribution is 7.11. The maximum Gasteiger partial charge on any atom is 0.118 e. The van der Waals surface area contributed by atoms with E-state index in [-0.39, 0.29) is 6.10 Å². The molecule has 0 bridgehead atoms. The van der Waals surface area contributed by atoms with E-state index in [2.05, 4.69) is 17.1 Å². The zero-order valence-electron chi connectivity index (χ0n) is 10.6. The van der Waals surface area contributed by atoms with Crippen LogP contribution in [-0.2, 0) is 12.8 Å². The Morgan fingerprint density at radius 3 is 2.67 bits per heavy atom. The molecule has 0 aliphatic rings. The molecule has 18 heavy (non-hydrogen) atoms. The van der Waals surface area contributed by atoms with E-state index in [1.165, 1.54) is 5.56 Å². The summed E-state index contributed by atoms with van der Waals surface area (Å²) >= 11 is 1.66. The third kappa shape index (κ3) is 3.55. The Balaban J connectivity index is 2.01. The lowest BCUT2D eigenvalue weighted by Crippen LogP contribution is -2.01. The fourth-order valence-electron chi connectivity index (χ4n) is 1.73. The standard InChI is InChI=1S/C14H17NO2S/c1-10(16)7-13-9-15-14(18-13)8-11-3-5-12(17-2)6-4-11/h3-6,9-10,16H,7-8H2,1-2H3. The summed E-state index contributed by atoms with van der Waals surface area (Å²) in [5.74, 6) is 0.868. The molecule has 4 heteroatoms. The summed E-state index contributed by atoms with van der Waals surface area (Å²) in [7, 11) is 1.66. The number of hydrogen-bond donors (Lipinski definition) is 1. The molecule has 1 N–H and O–H groups in total. The van der Waals surface area contributed by atoms with Crippen molar-refractivity contribution in [1.29, 1.82) is 0 Å². The van der Waals surface area contributed by atoms with Gasteiger partial charge in [0.15, 0.2) is 0 Å². The van der Waals surface area contributed by atoms with Gasteiger partial charge in [-0.2, -0.15) is 0 Å². The normalized spacial score (nSPS) is 12.4. The number of aliphatic hydroxyl groups is 1. The Morgan fingerprint density at radius 2 is 2.06 bits per heavy atom. The van der Waals surface area contributed by atoms with Gasteiger partial charge in [0.25, 0.3) is 0 Å². The molecule has 0 radical (unpaired) electrons. The van der Waals surface area contributed by atoms with Crippen molar-refractivity contribution in [2.24, 2.45) is 0 Å². The molecule has 0 amide bonds. The maximum absolute atomic E-state index is 9.33. The Labute approximate surface area is 111 Å². The largest absolute Gasteiger partial charge is 0.497 e. The summed E-state index contributed by atoms with van der Waals surface area (Å²) in [5, 5.41) is 10.4. The Kier molecular flexibility index (Phi) is 4.33. The number of ether oxygens (including phenoxy) is 1. The molecule has 1 aromatic carbocycles. The summed E-state index contributed by atoms with van der Waals surface area (Å²) in [6.07, 6.45) is 3.06. The second-order valence-corrected chi connectivity index (χ2v) is 5.50. The van der Waals surface area contributed by atoms with Crippen LogP contribution in [0.5, 0.6) is 5.75 Å². The highest BCUT2D eigenvalue weighted by Gasteiger charge is 2.06. The third-order valence-corrected chi connectivity index (χ3v) is 3.63. The minimum atomic E-state index is -0.306. The van der Waals surface area contributed by atoms with Gasteiger partial charge in [0.2, 0.25) is 0 Å². The minimum Gasteiger partial charge on any atom is -0.497 e. The SMILES string of the molecule is COc1ccc(Cc2ncc(CC(C)O)s2)cc1. The first-order valence-corrected chi connectivity index (χ1v) is 6.73. The van der Waals surface area contributed by atoms with E-state index in [4.69, 9.17) is 4.74 Å². The molecule has 2 aromatic rings. The van der Waals surface area contributed by atoms with Crippen LogP contribution in [0.3, 0.4) is 0 Å². The second kappa shape index (κ2) is 5.98. The molecule has 1 aromatic heterocycles. The van der Waals surface area contributed by atoms with E-state index in [1.54, 1.807) is 25.4 Å². The molecule has 0 aliphatic heterocycles. The Bertz CT molecular complexity index is 491. The van der Waals surface area contributed by atoms with Crippen LogP contribution in [0.1, 0.15) is 22.4 Å². The number of aromatic nitrogens is 1. The predicted molar refractivity (Wildman–Crippen MR) is 73.3 cm³/mol. The zero-order valence-corrected chi connectivity index (χ0v) is 11.4. The van der Waals surface area contributed by atoms with Crippen molar-refractivity contribution in [3.63, 3.8) is 0 Å². The summed E-state index contributed by atoms with van der Waals surface area (Å²) in [6, 6.07) is 8.02. The third-order valence-electron chi connectivity index (χ3n) is 2.61. The Morgan fingerprint density at radius 1 is 1.33 bits per heavy atom. The first-order chi connectivity index (χ1) is 8.67. The van der Waals surface area contributed by atoms with Crippen molar-refractivity contribution < 1.29 is 9.84 Å². The molecular formula is C14H17NO2S. The van der Waals surface area contributed by atoms with E-state index in [1.807, 2.05) is 18.3 Å². The van der Waals surface area contributed by atoms with Crippen LogP contribution in [-0.4, -0.2) is 23.3 Å². The fraction of sp³-hybridized carbons (Fsp3) is 0.357. The van der Waals surface area contributed by atoms with Crippen LogP contribution in [0.4, 0.5) is 0 Å². The summed E-state index contributed by atoms with van der Waals surface area (Å²) in [6.45, 7) is 1.79. The van der Waals surface area contributed by atoms with Crippen molar-refractivity contribution in [2.45, 2.75) is 25.9 Å². The fourth-order valence-corrected chi connectivity index (χ4v) is 2.81. The van der Waals surface area contributed by atoms with Gasteiger partial charge in [-0.3, -0.25) is 0 Å². The van der Waals surface area contributed by atoms with Gasteiger partial charge in [0, 0.05) is 23.9 Å². The number of methoxy groups -OCH3 is 1. The van der Waals surface area contributed by atoms with Gasteiger partial charge in [-0.05, 0) is 24.6 Å². The lowest BCUT2D eigenvalue weighted by Gasteiger charge is -2.01. The number of nitrogens with zero attached hydrogens (tertiary/aromatic N) is 1. The van der Waals surface area contributed by atoms with Gasteiger partial charge in [0.05, 0.1) is 18.2 Å². The van der Waals surface area contributed by atoms with Gasteiger partial charge < -0.3 is 9.84 Å². The lowest BCUT2D eigenvalue weighted by atomic mass is 10.1. The first kappa shape index (κ1) is 13.1. The molecule has 1 atom stereocenters. The number of hydrogen-bond acceptors (Lipinski definition) is 4. The molecular weight excluding hydrogens is 246 g/mol. The minimum absolute atomic E-state index is 0.306. The van der Waals surface area contributed by atoms with E-state index in [0.717, 1.165) is 22.1 Å². The quantitative estimate of drug-likeness (QED) is 0.901. The van der Waals surface area contributed by atoms with E-state index >= 15 is 0 Å². The van der Waals surface area contributed by atoms with E-state index < -0.39 is 0 Å². The van der Waals surface area contributed by atoms with Gasteiger partial charge in [-0.15, -0.1) is 11.3 Å². The van der Waals surface area contributed by atoms with Gasteiger partial charge >= 0.3 is 0 Å². The topological polar surface area (TPSA) is 42.4 Å². The molecule has 1 heterocycles. The molecule has 96 valence electrons. The van der Waals surface area contributed by atoms with Crippen LogP contribution in [0.15, 0.2) is 30.5 Å².